The van der Waals surface area contributed by atoms with Crippen LogP contribution in [0.25, 0.3) is 0 Å². The van der Waals surface area contributed by atoms with Gasteiger partial charge in [0.1, 0.15) is 0 Å². The van der Waals surface area contributed by atoms with Crippen LogP contribution in [0.2, 0.25) is 0 Å². The monoisotopic (exact) mass is 264 g/mol. The maximum absolute atomic E-state index is 12.7. The minimum absolute atomic E-state index is 0.123. The van der Waals surface area contributed by atoms with Gasteiger partial charge in [0.25, 0.3) is 0 Å². The summed E-state index contributed by atoms with van der Waals surface area (Å²) in [6.07, 6.45) is 7.85. The van der Waals surface area contributed by atoms with Crippen LogP contribution in [-0.2, 0) is 0 Å². The molecule has 2 nitrogen and oxygen atoms in total. The van der Waals surface area contributed by atoms with Gasteiger partial charge in [-0.2, -0.15) is 0 Å². The van der Waals surface area contributed by atoms with Crippen LogP contribution in [0.4, 0.5) is 0 Å². The molecule has 0 saturated carbocycles. The molecule has 2 heteroatoms. The van der Waals surface area contributed by atoms with Crippen molar-refractivity contribution in [2.75, 3.05) is 0 Å². The number of hydrogen-bond donors (Lipinski definition) is 0. The van der Waals surface area contributed by atoms with Crippen molar-refractivity contribution in [3.8, 4) is 0 Å². The summed E-state index contributed by atoms with van der Waals surface area (Å²) in [6, 6.07) is 7.30. The van der Waals surface area contributed by atoms with Gasteiger partial charge in [-0.15, -0.1) is 0 Å². The number of rotatable bonds is 0. The fourth-order valence-electron chi connectivity index (χ4n) is 3.87. The molecule has 20 heavy (non-hydrogen) atoms. The third-order valence-corrected chi connectivity index (χ3v) is 4.95. The summed E-state index contributed by atoms with van der Waals surface area (Å²) in [4.78, 5) is 25.4. The first-order valence-electron chi connectivity index (χ1n) is 7.28. The average Bonchev–Trinajstić information content (AvgIpc) is 2.51. The molecule has 0 aliphatic heterocycles. The molecule has 0 heterocycles. The maximum atomic E-state index is 12.7. The van der Waals surface area contributed by atoms with Crippen LogP contribution >= 0.6 is 0 Å². The Hall–Kier alpha value is -1.96. The van der Waals surface area contributed by atoms with Gasteiger partial charge in [0.15, 0.2) is 11.6 Å². The number of allylic oxidation sites excluding steroid dienone is 4. The summed E-state index contributed by atoms with van der Waals surface area (Å²) < 4.78 is 0. The zero-order valence-electron chi connectivity index (χ0n) is 11.3. The third-order valence-electron chi connectivity index (χ3n) is 4.95. The van der Waals surface area contributed by atoms with Gasteiger partial charge < -0.3 is 0 Å². The molecular formula is C18H16O2. The van der Waals surface area contributed by atoms with Gasteiger partial charge >= 0.3 is 0 Å². The molecule has 4 rings (SSSR count). The number of benzene rings is 1. The summed E-state index contributed by atoms with van der Waals surface area (Å²) in [7, 11) is 0. The molecule has 1 aromatic carbocycles. The first-order valence-corrected chi connectivity index (χ1v) is 7.28. The van der Waals surface area contributed by atoms with Gasteiger partial charge in [-0.05, 0) is 25.7 Å². The van der Waals surface area contributed by atoms with Crippen molar-refractivity contribution in [3.63, 3.8) is 0 Å². The molecule has 100 valence electrons. The van der Waals surface area contributed by atoms with Crippen LogP contribution in [0.5, 0.6) is 0 Å². The number of Topliss-reactive ketones (excluding diaryl/α,β-unsaturated/α-hetero) is 2. The molecule has 3 aliphatic rings. The highest BCUT2D eigenvalue weighted by atomic mass is 16.1. The van der Waals surface area contributed by atoms with Crippen LogP contribution < -0.4 is 0 Å². The van der Waals surface area contributed by atoms with Crippen molar-refractivity contribution in [1.82, 2.24) is 0 Å². The first-order chi connectivity index (χ1) is 9.75. The van der Waals surface area contributed by atoms with Crippen molar-refractivity contribution in [1.29, 1.82) is 0 Å². The highest BCUT2D eigenvalue weighted by Gasteiger charge is 2.44. The van der Waals surface area contributed by atoms with Gasteiger partial charge in [0.05, 0.1) is 0 Å². The normalized spacial score (nSPS) is 28.0. The summed E-state index contributed by atoms with van der Waals surface area (Å²) in [5, 5.41) is 0. The van der Waals surface area contributed by atoms with Gasteiger partial charge in [-0.3, -0.25) is 9.59 Å². The molecule has 0 amide bonds. The van der Waals surface area contributed by atoms with E-state index in [9.17, 15) is 9.59 Å². The second-order valence-electron chi connectivity index (χ2n) is 5.98. The largest absolute Gasteiger partial charge is 0.294 e. The molecule has 0 fully saturated rings. The molecule has 0 saturated heterocycles. The first kappa shape index (κ1) is 11.8. The Labute approximate surface area is 118 Å². The summed E-state index contributed by atoms with van der Waals surface area (Å²) in [5.74, 6) is 0.0999. The summed E-state index contributed by atoms with van der Waals surface area (Å²) in [5.41, 5.74) is 4.06. The predicted molar refractivity (Wildman–Crippen MR) is 76.7 cm³/mol. The SMILES string of the molecule is O=C1c2ccccc2C(=O)[C@@H]2CC3=C(CC=CC3)C[C@@H]12. The highest BCUT2D eigenvalue weighted by molar-refractivity contribution is 6.16. The second kappa shape index (κ2) is 4.27. The lowest BCUT2D eigenvalue weighted by Crippen LogP contribution is -2.39. The Morgan fingerprint density at radius 3 is 1.65 bits per heavy atom. The van der Waals surface area contributed by atoms with Gasteiger partial charge in [-0.25, -0.2) is 0 Å². The number of fused-ring (bicyclic) bond motifs is 2. The standard InChI is InChI=1S/C18H16O2/c19-17-13-7-3-4-8-14(13)18(20)16-10-12-6-2-1-5-11(12)9-15(16)17/h1-4,7-8,15-16H,5-6,9-10H2/t15-,16-/m1/s1. The molecule has 0 N–H and O–H groups in total. The highest BCUT2D eigenvalue weighted by Crippen LogP contribution is 2.44. The summed E-state index contributed by atoms with van der Waals surface area (Å²) >= 11 is 0. The Balaban J connectivity index is 1.78. The van der Waals surface area contributed by atoms with Crippen molar-refractivity contribution in [3.05, 3.63) is 58.7 Å². The molecule has 0 radical (unpaired) electrons. The Morgan fingerprint density at radius 1 is 0.750 bits per heavy atom. The lowest BCUT2D eigenvalue weighted by atomic mass is 9.64. The van der Waals surface area contributed by atoms with Gasteiger partial charge in [0.2, 0.25) is 0 Å². The van der Waals surface area contributed by atoms with Crippen LogP contribution in [0.3, 0.4) is 0 Å². The van der Waals surface area contributed by atoms with E-state index in [-0.39, 0.29) is 23.4 Å². The van der Waals surface area contributed by atoms with Crippen molar-refractivity contribution >= 4 is 11.6 Å². The number of carbonyl (C=O) groups excluding carboxylic acids is 2. The van der Waals surface area contributed by atoms with Crippen molar-refractivity contribution in [2.45, 2.75) is 25.7 Å². The van der Waals surface area contributed by atoms with Gasteiger partial charge in [0, 0.05) is 23.0 Å². The quantitative estimate of drug-likeness (QED) is 0.669. The van der Waals surface area contributed by atoms with Crippen molar-refractivity contribution in [2.24, 2.45) is 11.8 Å². The molecule has 3 aliphatic carbocycles. The van der Waals surface area contributed by atoms with E-state index in [1.54, 1.807) is 12.1 Å². The number of carbonyl (C=O) groups is 2. The fourth-order valence-corrected chi connectivity index (χ4v) is 3.87. The Morgan fingerprint density at radius 2 is 1.20 bits per heavy atom. The lowest BCUT2D eigenvalue weighted by molar-refractivity contribution is 0.0719. The molecule has 1 aromatic rings. The minimum Gasteiger partial charge on any atom is -0.294 e. The third kappa shape index (κ3) is 1.57. The van der Waals surface area contributed by atoms with Crippen LogP contribution in [-0.4, -0.2) is 11.6 Å². The zero-order chi connectivity index (χ0) is 13.7. The number of ketones is 2. The second-order valence-corrected chi connectivity index (χ2v) is 5.98. The van der Waals surface area contributed by atoms with E-state index >= 15 is 0 Å². The van der Waals surface area contributed by atoms with E-state index in [0.29, 0.717) is 11.1 Å². The van der Waals surface area contributed by atoms with Crippen molar-refractivity contribution < 1.29 is 9.59 Å². The molecule has 0 spiro atoms. The lowest BCUT2D eigenvalue weighted by Gasteiger charge is -2.37. The smallest absolute Gasteiger partial charge is 0.167 e. The summed E-state index contributed by atoms with van der Waals surface area (Å²) in [6.45, 7) is 0. The minimum atomic E-state index is -0.123. The topological polar surface area (TPSA) is 34.1 Å². The molecular weight excluding hydrogens is 248 g/mol. The zero-order valence-corrected chi connectivity index (χ0v) is 11.3. The molecule has 0 aromatic heterocycles. The molecule has 2 atom stereocenters. The van der Waals surface area contributed by atoms with Gasteiger partial charge in [-0.1, -0.05) is 47.6 Å². The molecule has 0 bridgehead atoms. The van der Waals surface area contributed by atoms with Crippen LogP contribution in [0, 0.1) is 11.8 Å². The maximum Gasteiger partial charge on any atom is 0.167 e. The van der Waals surface area contributed by atoms with E-state index in [0.717, 1.165) is 25.7 Å². The molecule has 0 unspecified atom stereocenters. The Kier molecular flexibility index (Phi) is 2.53. The van der Waals surface area contributed by atoms with E-state index in [2.05, 4.69) is 12.2 Å². The van der Waals surface area contributed by atoms with Crippen LogP contribution in [0.1, 0.15) is 46.4 Å². The van der Waals surface area contributed by atoms with E-state index in [1.807, 2.05) is 12.1 Å². The Bertz CT molecular complexity index is 621. The average molecular weight is 264 g/mol. The van der Waals surface area contributed by atoms with E-state index < -0.39 is 0 Å². The van der Waals surface area contributed by atoms with E-state index in [1.165, 1.54) is 11.1 Å². The number of hydrogen-bond acceptors (Lipinski definition) is 2. The van der Waals surface area contributed by atoms with Crippen LogP contribution in [0.15, 0.2) is 47.6 Å². The predicted octanol–water partition coefficient (Wildman–Crippen LogP) is 3.74. The fraction of sp³-hybridized carbons (Fsp3) is 0.333. The van der Waals surface area contributed by atoms with E-state index in [4.69, 9.17) is 0 Å².